The van der Waals surface area contributed by atoms with Crippen LogP contribution in [0.2, 0.25) is 0 Å². The van der Waals surface area contributed by atoms with Crippen molar-refractivity contribution >= 4 is 59.2 Å². The Balaban J connectivity index is 2.60. The van der Waals surface area contributed by atoms with Gasteiger partial charge >= 0.3 is 0 Å². The van der Waals surface area contributed by atoms with Gasteiger partial charge in [0.1, 0.15) is 0 Å². The van der Waals surface area contributed by atoms with Crippen LogP contribution in [-0.4, -0.2) is 20.5 Å². The van der Waals surface area contributed by atoms with Gasteiger partial charge in [0.05, 0.1) is 4.75 Å². The maximum absolute atomic E-state index is 11.9. The molecule has 17 heavy (non-hydrogen) atoms. The third kappa shape index (κ3) is 4.39. The number of carbonyl (C=O) groups is 2. The van der Waals surface area contributed by atoms with Crippen LogP contribution in [0.5, 0.6) is 0 Å². The van der Waals surface area contributed by atoms with Crippen molar-refractivity contribution in [2.24, 2.45) is 11.7 Å². The molecule has 1 saturated carbocycles. The first-order valence-corrected chi connectivity index (χ1v) is 6.63. The van der Waals surface area contributed by atoms with Gasteiger partial charge in [0.2, 0.25) is 11.8 Å². The van der Waals surface area contributed by atoms with E-state index in [0.29, 0.717) is 25.7 Å². The lowest BCUT2D eigenvalue weighted by Crippen LogP contribution is -2.49. The van der Waals surface area contributed by atoms with E-state index in [1.54, 1.807) is 0 Å². The van der Waals surface area contributed by atoms with E-state index in [4.69, 9.17) is 40.5 Å². The fraction of sp³-hybridized carbons (Fsp3) is 0.778. The number of primary amides is 1. The zero-order valence-electron chi connectivity index (χ0n) is 8.88. The normalized spacial score (nSPS) is 29.8. The summed E-state index contributed by atoms with van der Waals surface area (Å²) in [4.78, 5) is 22.9. The molecule has 1 rings (SSSR count). The third-order valence-corrected chi connectivity index (χ3v) is 3.83. The van der Waals surface area contributed by atoms with Crippen LogP contribution in [0.1, 0.15) is 25.7 Å². The Kier molecular flexibility index (Phi) is 4.86. The molecule has 0 aromatic carbocycles. The first kappa shape index (κ1) is 15.2. The van der Waals surface area contributed by atoms with Crippen LogP contribution in [-0.2, 0) is 9.59 Å². The highest BCUT2D eigenvalue weighted by molar-refractivity contribution is 7.82. The molecule has 1 aliphatic carbocycles. The summed E-state index contributed by atoms with van der Waals surface area (Å²) < 4.78 is -2.75. The summed E-state index contributed by atoms with van der Waals surface area (Å²) in [7, 11) is 0. The molecule has 0 aromatic rings. The summed E-state index contributed by atoms with van der Waals surface area (Å²) in [6.07, 6.45) is 1.89. The van der Waals surface area contributed by atoms with Crippen molar-refractivity contribution in [1.82, 2.24) is 5.32 Å². The van der Waals surface area contributed by atoms with Crippen molar-refractivity contribution in [2.75, 3.05) is 0 Å². The van der Waals surface area contributed by atoms with E-state index in [9.17, 15) is 9.59 Å². The maximum Gasteiger partial charge on any atom is 0.267 e. The van der Waals surface area contributed by atoms with Gasteiger partial charge in [0.15, 0.2) is 0 Å². The Morgan fingerprint density at radius 2 is 1.76 bits per heavy atom. The minimum absolute atomic E-state index is 0.198. The Bertz CT molecular complexity index is 325. The first-order chi connectivity index (χ1) is 7.64. The number of amides is 2. The van der Waals surface area contributed by atoms with E-state index in [1.807, 2.05) is 0 Å². The molecule has 4 nitrogen and oxygen atoms in total. The van der Waals surface area contributed by atoms with E-state index in [-0.39, 0.29) is 11.8 Å². The number of rotatable bonds is 2. The summed E-state index contributed by atoms with van der Waals surface area (Å²) in [5.41, 5.74) is 5.21. The Morgan fingerprint density at radius 3 is 2.12 bits per heavy atom. The minimum Gasteiger partial charge on any atom is -0.369 e. The van der Waals surface area contributed by atoms with E-state index in [2.05, 4.69) is 17.9 Å². The van der Waals surface area contributed by atoms with Crippen molar-refractivity contribution < 1.29 is 9.59 Å². The molecule has 0 aliphatic heterocycles. The quantitative estimate of drug-likeness (QED) is 0.412. The number of halogens is 3. The molecule has 2 amide bonds. The molecular weight excluding hydrogens is 307 g/mol. The molecule has 98 valence electrons. The number of alkyl halides is 3. The zero-order valence-corrected chi connectivity index (χ0v) is 12.0. The van der Waals surface area contributed by atoms with Crippen molar-refractivity contribution in [3.63, 3.8) is 0 Å². The second-order valence-corrected chi connectivity index (χ2v) is 7.30. The largest absolute Gasteiger partial charge is 0.369 e. The van der Waals surface area contributed by atoms with Gasteiger partial charge in [-0.15, -0.1) is 0 Å². The number of thiol groups is 1. The van der Waals surface area contributed by atoms with Crippen molar-refractivity contribution in [1.29, 1.82) is 0 Å². The molecule has 0 bridgehead atoms. The van der Waals surface area contributed by atoms with Crippen LogP contribution < -0.4 is 11.1 Å². The minimum atomic E-state index is -1.84. The summed E-state index contributed by atoms with van der Waals surface area (Å²) in [5.74, 6) is -0.984. The monoisotopic (exact) mass is 318 g/mol. The molecule has 0 saturated heterocycles. The Morgan fingerprint density at radius 1 is 1.29 bits per heavy atom. The van der Waals surface area contributed by atoms with Crippen molar-refractivity contribution in [3.8, 4) is 0 Å². The highest BCUT2D eigenvalue weighted by Gasteiger charge is 2.42. The number of carbonyl (C=O) groups excluding carboxylic acids is 2. The fourth-order valence-corrected chi connectivity index (χ4v) is 2.42. The lowest BCUT2D eigenvalue weighted by molar-refractivity contribution is -0.127. The lowest BCUT2D eigenvalue weighted by Gasteiger charge is -2.35. The summed E-state index contributed by atoms with van der Waals surface area (Å²) in [5, 5.41) is 2.24. The summed E-state index contributed by atoms with van der Waals surface area (Å²) >= 11 is 20.8. The molecule has 1 aliphatic rings. The van der Waals surface area contributed by atoms with E-state index in [1.165, 1.54) is 0 Å². The SMILES string of the molecule is NC(=O)C1CCC(S)(C(=O)NC(Cl)(Cl)Cl)CC1. The molecule has 3 N–H and O–H groups in total. The van der Waals surface area contributed by atoms with E-state index < -0.39 is 14.6 Å². The Labute approximate surface area is 120 Å². The fourth-order valence-electron chi connectivity index (χ4n) is 1.85. The van der Waals surface area contributed by atoms with Gasteiger partial charge < -0.3 is 11.1 Å². The van der Waals surface area contributed by atoms with Gasteiger partial charge in [0.25, 0.3) is 3.92 Å². The smallest absolute Gasteiger partial charge is 0.267 e. The van der Waals surface area contributed by atoms with Crippen LogP contribution in [0, 0.1) is 5.92 Å². The predicted octanol–water partition coefficient (Wildman–Crippen LogP) is 1.77. The number of nitrogens with two attached hydrogens (primary N) is 1. The van der Waals surface area contributed by atoms with Crippen LogP contribution in [0.3, 0.4) is 0 Å². The van der Waals surface area contributed by atoms with E-state index in [0.717, 1.165) is 0 Å². The second kappa shape index (κ2) is 5.43. The molecule has 0 atom stereocenters. The van der Waals surface area contributed by atoms with Gasteiger partial charge in [0, 0.05) is 5.92 Å². The molecule has 0 radical (unpaired) electrons. The maximum atomic E-state index is 11.9. The van der Waals surface area contributed by atoms with Gasteiger partial charge in [-0.3, -0.25) is 9.59 Å². The predicted molar refractivity (Wildman–Crippen MR) is 71.3 cm³/mol. The van der Waals surface area contributed by atoms with Crippen LogP contribution in [0.25, 0.3) is 0 Å². The van der Waals surface area contributed by atoms with Gasteiger partial charge in [-0.25, -0.2) is 0 Å². The van der Waals surface area contributed by atoms with Crippen LogP contribution in [0.15, 0.2) is 0 Å². The highest BCUT2D eigenvalue weighted by Crippen LogP contribution is 2.38. The van der Waals surface area contributed by atoms with Gasteiger partial charge in [-0.2, -0.15) is 12.6 Å². The van der Waals surface area contributed by atoms with Crippen molar-refractivity contribution in [3.05, 3.63) is 0 Å². The average molecular weight is 320 g/mol. The molecule has 0 spiro atoms. The highest BCUT2D eigenvalue weighted by atomic mass is 35.6. The topological polar surface area (TPSA) is 72.2 Å². The molecule has 0 aromatic heterocycles. The molecular formula is C9H13Cl3N2O2S. The molecule has 0 heterocycles. The lowest BCUT2D eigenvalue weighted by atomic mass is 9.80. The number of hydrogen-bond acceptors (Lipinski definition) is 3. The third-order valence-electron chi connectivity index (χ3n) is 2.89. The molecule has 0 unspecified atom stereocenters. The average Bonchev–Trinajstić information content (AvgIpc) is 2.15. The number of hydrogen-bond donors (Lipinski definition) is 3. The summed E-state index contributed by atoms with van der Waals surface area (Å²) in [6, 6.07) is 0. The first-order valence-electron chi connectivity index (χ1n) is 5.05. The van der Waals surface area contributed by atoms with Crippen LogP contribution in [0.4, 0.5) is 0 Å². The van der Waals surface area contributed by atoms with Crippen LogP contribution >= 0.6 is 47.4 Å². The second-order valence-electron chi connectivity index (χ2n) is 4.16. The molecule has 8 heteroatoms. The van der Waals surface area contributed by atoms with E-state index >= 15 is 0 Å². The van der Waals surface area contributed by atoms with Crippen molar-refractivity contribution in [2.45, 2.75) is 34.3 Å². The number of nitrogens with one attached hydrogen (secondary N) is 1. The Hall–Kier alpha value is 0.160. The van der Waals surface area contributed by atoms with Gasteiger partial charge in [-0.1, -0.05) is 34.8 Å². The van der Waals surface area contributed by atoms with Gasteiger partial charge in [-0.05, 0) is 25.7 Å². The zero-order chi connectivity index (χ0) is 13.3. The standard InChI is InChI=1S/C9H13Cl3N2O2S/c10-9(11,12)14-7(16)8(17)3-1-5(2-4-8)6(13)15/h5,17H,1-4H2,(H2,13,15)(H,14,16). The molecule has 1 fully saturated rings. The summed E-state index contributed by atoms with van der Waals surface area (Å²) in [6.45, 7) is 0.